The van der Waals surface area contributed by atoms with Crippen molar-refractivity contribution in [1.29, 1.82) is 5.26 Å². The van der Waals surface area contributed by atoms with Gasteiger partial charge in [0.15, 0.2) is 0 Å². The summed E-state index contributed by atoms with van der Waals surface area (Å²) in [6.07, 6.45) is 2.53. The minimum Gasteiger partial charge on any atom is -0.334 e. The van der Waals surface area contributed by atoms with Gasteiger partial charge in [0.05, 0.1) is 23.7 Å². The van der Waals surface area contributed by atoms with Gasteiger partial charge in [-0.05, 0) is 19.8 Å². The maximum Gasteiger partial charge on any atom is 0.266 e. The minimum absolute atomic E-state index is 0.0396. The number of nitriles is 1. The molecule has 4 nitrogen and oxygen atoms in total. The van der Waals surface area contributed by atoms with Crippen LogP contribution in [0.5, 0.6) is 0 Å². The lowest BCUT2D eigenvalue weighted by Gasteiger charge is -2.20. The highest BCUT2D eigenvalue weighted by atomic mass is 32.1. The van der Waals surface area contributed by atoms with Crippen LogP contribution < -0.4 is 0 Å². The van der Waals surface area contributed by atoms with E-state index in [1.807, 2.05) is 11.8 Å². The molecule has 1 amide bonds. The highest BCUT2D eigenvalue weighted by molar-refractivity contribution is 7.11. The molecule has 5 heteroatoms. The van der Waals surface area contributed by atoms with Gasteiger partial charge in [0.1, 0.15) is 4.88 Å². The van der Waals surface area contributed by atoms with Crippen molar-refractivity contribution in [3.8, 4) is 6.07 Å². The molecule has 0 N–H and O–H groups in total. The molecule has 84 valence electrons. The van der Waals surface area contributed by atoms with Crippen molar-refractivity contribution in [2.45, 2.75) is 32.2 Å². The van der Waals surface area contributed by atoms with Crippen LogP contribution in [0.3, 0.4) is 0 Å². The molecular weight excluding hydrogens is 222 g/mol. The largest absolute Gasteiger partial charge is 0.334 e. The molecule has 1 heterocycles. The third kappa shape index (κ3) is 2.22. The van der Waals surface area contributed by atoms with Crippen LogP contribution in [-0.4, -0.2) is 28.4 Å². The van der Waals surface area contributed by atoms with E-state index in [1.165, 1.54) is 11.3 Å². The van der Waals surface area contributed by atoms with Crippen LogP contribution >= 0.6 is 11.3 Å². The van der Waals surface area contributed by atoms with Crippen molar-refractivity contribution >= 4 is 17.2 Å². The Labute approximate surface area is 98.5 Å². The molecule has 0 unspecified atom stereocenters. The van der Waals surface area contributed by atoms with Gasteiger partial charge in [0.25, 0.3) is 5.91 Å². The van der Waals surface area contributed by atoms with Crippen LogP contribution in [0.2, 0.25) is 0 Å². The first-order valence-electron chi connectivity index (χ1n) is 5.32. The molecule has 16 heavy (non-hydrogen) atoms. The first-order valence-corrected chi connectivity index (χ1v) is 6.20. The molecule has 1 fully saturated rings. The second-order valence-electron chi connectivity index (χ2n) is 3.90. The Hall–Kier alpha value is -1.41. The quantitative estimate of drug-likeness (QED) is 0.801. The molecule has 1 aromatic heterocycles. The van der Waals surface area contributed by atoms with Gasteiger partial charge in [-0.15, -0.1) is 11.3 Å². The number of hydrogen-bond donors (Lipinski definition) is 0. The summed E-state index contributed by atoms with van der Waals surface area (Å²) >= 11 is 1.38. The first kappa shape index (κ1) is 11.1. The summed E-state index contributed by atoms with van der Waals surface area (Å²) in [5, 5.41) is 8.59. The maximum absolute atomic E-state index is 12.2. The zero-order valence-electron chi connectivity index (χ0n) is 9.14. The minimum atomic E-state index is 0.0396. The molecule has 0 radical (unpaired) electrons. The molecule has 1 aliphatic carbocycles. The van der Waals surface area contributed by atoms with Gasteiger partial charge < -0.3 is 4.90 Å². The lowest BCUT2D eigenvalue weighted by atomic mass is 10.3. The zero-order chi connectivity index (χ0) is 11.5. The van der Waals surface area contributed by atoms with Crippen molar-refractivity contribution in [1.82, 2.24) is 9.88 Å². The van der Waals surface area contributed by atoms with Crippen LogP contribution in [0, 0.1) is 18.3 Å². The second kappa shape index (κ2) is 4.62. The fourth-order valence-electron chi connectivity index (χ4n) is 1.64. The van der Waals surface area contributed by atoms with Crippen LogP contribution in [0.25, 0.3) is 0 Å². The van der Waals surface area contributed by atoms with E-state index >= 15 is 0 Å². The molecule has 0 aromatic carbocycles. The van der Waals surface area contributed by atoms with Crippen LogP contribution in [0.4, 0.5) is 0 Å². The molecule has 1 aromatic rings. The SMILES string of the molecule is Cc1ncsc1C(=O)N(CCC#N)C1CC1. The van der Waals surface area contributed by atoms with E-state index in [-0.39, 0.29) is 5.91 Å². The highest BCUT2D eigenvalue weighted by Crippen LogP contribution is 2.29. The number of rotatable bonds is 4. The molecule has 0 spiro atoms. The summed E-state index contributed by atoms with van der Waals surface area (Å²) in [6, 6.07) is 2.44. The summed E-state index contributed by atoms with van der Waals surface area (Å²) in [7, 11) is 0. The molecule has 0 atom stereocenters. The third-order valence-corrected chi connectivity index (χ3v) is 3.57. The number of hydrogen-bond acceptors (Lipinski definition) is 4. The molecular formula is C11H13N3OS. The smallest absolute Gasteiger partial charge is 0.266 e. The van der Waals surface area contributed by atoms with Gasteiger partial charge in [0, 0.05) is 12.6 Å². The van der Waals surface area contributed by atoms with E-state index in [2.05, 4.69) is 11.1 Å². The van der Waals surface area contributed by atoms with Crippen molar-refractivity contribution < 1.29 is 4.79 Å². The Morgan fingerprint density at radius 2 is 2.50 bits per heavy atom. The summed E-state index contributed by atoms with van der Waals surface area (Å²) in [6.45, 7) is 2.39. The van der Waals surface area contributed by atoms with Gasteiger partial charge in [-0.1, -0.05) is 0 Å². The van der Waals surface area contributed by atoms with Gasteiger partial charge in [-0.2, -0.15) is 5.26 Å². The van der Waals surface area contributed by atoms with Gasteiger partial charge >= 0.3 is 0 Å². The van der Waals surface area contributed by atoms with Gasteiger partial charge in [-0.25, -0.2) is 4.98 Å². The number of carbonyl (C=O) groups excluding carboxylic acids is 1. The highest BCUT2D eigenvalue weighted by Gasteiger charge is 2.33. The standard InChI is InChI=1S/C11H13N3OS/c1-8-10(16-7-13-8)11(15)14(6-2-5-12)9-3-4-9/h7,9H,2-4,6H2,1H3. The fraction of sp³-hybridized carbons (Fsp3) is 0.545. The Balaban J connectivity index is 2.11. The van der Waals surface area contributed by atoms with Gasteiger partial charge in [-0.3, -0.25) is 4.79 Å². The monoisotopic (exact) mass is 235 g/mol. The Morgan fingerprint density at radius 3 is 3.00 bits per heavy atom. The maximum atomic E-state index is 12.2. The van der Waals surface area contributed by atoms with E-state index in [4.69, 9.17) is 5.26 Å². The number of aryl methyl sites for hydroxylation is 1. The molecule has 0 saturated heterocycles. The average molecular weight is 235 g/mol. The zero-order valence-corrected chi connectivity index (χ0v) is 9.96. The van der Waals surface area contributed by atoms with Crippen molar-refractivity contribution in [3.63, 3.8) is 0 Å². The second-order valence-corrected chi connectivity index (χ2v) is 4.76. The summed E-state index contributed by atoms with van der Waals surface area (Å²) in [4.78, 5) is 18.8. The number of thiazole rings is 1. The third-order valence-electron chi connectivity index (χ3n) is 2.65. The summed E-state index contributed by atoms with van der Waals surface area (Å²) < 4.78 is 0. The molecule has 0 bridgehead atoms. The molecule has 2 rings (SSSR count). The van der Waals surface area contributed by atoms with E-state index in [1.54, 1.807) is 5.51 Å². The topological polar surface area (TPSA) is 57.0 Å². The van der Waals surface area contributed by atoms with E-state index < -0.39 is 0 Å². The summed E-state index contributed by atoms with van der Waals surface area (Å²) in [5.41, 5.74) is 2.48. The number of nitrogens with zero attached hydrogens (tertiary/aromatic N) is 3. The van der Waals surface area contributed by atoms with Crippen molar-refractivity contribution in [2.75, 3.05) is 6.54 Å². The van der Waals surface area contributed by atoms with Crippen LogP contribution in [0.15, 0.2) is 5.51 Å². The summed E-state index contributed by atoms with van der Waals surface area (Å²) in [5.74, 6) is 0.0396. The Bertz CT molecular complexity index is 431. The number of aromatic nitrogens is 1. The Kier molecular flexibility index (Phi) is 3.20. The first-order chi connectivity index (χ1) is 7.74. The van der Waals surface area contributed by atoms with E-state index in [0.717, 1.165) is 18.5 Å². The predicted octanol–water partition coefficient (Wildman–Crippen LogP) is 1.97. The van der Waals surface area contributed by atoms with Crippen LogP contribution in [0.1, 0.15) is 34.6 Å². The lowest BCUT2D eigenvalue weighted by Crippen LogP contribution is -2.33. The van der Waals surface area contributed by atoms with Crippen LogP contribution in [-0.2, 0) is 0 Å². The lowest BCUT2D eigenvalue weighted by molar-refractivity contribution is 0.0751. The normalized spacial score (nSPS) is 14.5. The molecule has 1 saturated carbocycles. The van der Waals surface area contributed by atoms with E-state index in [9.17, 15) is 4.79 Å². The molecule has 1 aliphatic rings. The number of carbonyl (C=O) groups is 1. The van der Waals surface area contributed by atoms with Crippen molar-refractivity contribution in [3.05, 3.63) is 16.1 Å². The van der Waals surface area contributed by atoms with E-state index in [0.29, 0.717) is 23.9 Å². The van der Waals surface area contributed by atoms with Gasteiger partial charge in [0.2, 0.25) is 0 Å². The Morgan fingerprint density at radius 1 is 1.75 bits per heavy atom. The average Bonchev–Trinajstić information content (AvgIpc) is 3.01. The molecule has 0 aliphatic heterocycles. The number of amides is 1. The fourth-order valence-corrected chi connectivity index (χ4v) is 2.40. The predicted molar refractivity (Wildman–Crippen MR) is 61.1 cm³/mol. The van der Waals surface area contributed by atoms with Crippen molar-refractivity contribution in [2.24, 2.45) is 0 Å².